The van der Waals surface area contributed by atoms with Crippen LogP contribution in [-0.4, -0.2) is 5.78 Å². The van der Waals surface area contributed by atoms with Crippen LogP contribution in [0.1, 0.15) is 5.56 Å². The summed E-state index contributed by atoms with van der Waals surface area (Å²) in [4.78, 5) is 10.8. The molecule has 0 aliphatic rings. The minimum absolute atomic E-state index is 0.100. The highest BCUT2D eigenvalue weighted by molar-refractivity contribution is 6.01. The monoisotopic (exact) mass is 173 g/mol. The Hall–Kier alpha value is -1.83. The normalized spacial score (nSPS) is 10.2. The third kappa shape index (κ3) is 2.95. The van der Waals surface area contributed by atoms with Crippen molar-refractivity contribution in [1.29, 1.82) is 0 Å². The van der Waals surface area contributed by atoms with E-state index in [1.54, 1.807) is 18.2 Å². The third-order valence-electron chi connectivity index (χ3n) is 1.58. The van der Waals surface area contributed by atoms with Gasteiger partial charge < -0.3 is 5.73 Å². The quantitative estimate of drug-likeness (QED) is 0.561. The molecule has 0 heterocycles. The number of carbonyl (C=O) groups is 1. The summed E-state index contributed by atoms with van der Waals surface area (Å²) in [5.74, 6) is -0.100. The lowest BCUT2D eigenvalue weighted by molar-refractivity contribution is -0.110. The van der Waals surface area contributed by atoms with Crippen molar-refractivity contribution in [3.8, 4) is 0 Å². The number of allylic oxidation sites excluding steroid dienone is 2. The molecule has 13 heavy (non-hydrogen) atoms. The number of carbonyl (C=O) groups excluding carboxylic acids is 1. The molecule has 0 amide bonds. The summed E-state index contributed by atoms with van der Waals surface area (Å²) < 4.78 is 0. The van der Waals surface area contributed by atoms with E-state index in [1.165, 1.54) is 12.2 Å². The summed E-state index contributed by atoms with van der Waals surface area (Å²) >= 11 is 0. The fraction of sp³-hybridized carbons (Fsp3) is 0. The van der Waals surface area contributed by atoms with E-state index < -0.39 is 0 Å². The topological polar surface area (TPSA) is 43.1 Å². The number of anilines is 1. The first-order valence-corrected chi connectivity index (χ1v) is 3.92. The largest absolute Gasteiger partial charge is 0.399 e. The van der Waals surface area contributed by atoms with Crippen LogP contribution in [0.3, 0.4) is 0 Å². The second kappa shape index (κ2) is 4.26. The van der Waals surface area contributed by atoms with Gasteiger partial charge in [-0.05, 0) is 29.8 Å². The number of nitrogen functional groups attached to an aromatic ring is 1. The van der Waals surface area contributed by atoms with Crippen molar-refractivity contribution in [2.24, 2.45) is 0 Å². The van der Waals surface area contributed by atoms with Crippen molar-refractivity contribution in [3.63, 3.8) is 0 Å². The first kappa shape index (κ1) is 9.26. The molecule has 2 nitrogen and oxygen atoms in total. The maximum atomic E-state index is 10.8. The van der Waals surface area contributed by atoms with Crippen LogP contribution in [0.2, 0.25) is 0 Å². The lowest BCUT2D eigenvalue weighted by Gasteiger charge is -1.93. The van der Waals surface area contributed by atoms with E-state index in [2.05, 4.69) is 6.58 Å². The van der Waals surface area contributed by atoms with Crippen molar-refractivity contribution < 1.29 is 4.79 Å². The van der Waals surface area contributed by atoms with E-state index in [4.69, 9.17) is 5.73 Å². The molecule has 0 aromatic heterocycles. The highest BCUT2D eigenvalue weighted by Crippen LogP contribution is 2.06. The lowest BCUT2D eigenvalue weighted by atomic mass is 10.2. The molecule has 0 saturated heterocycles. The van der Waals surface area contributed by atoms with Gasteiger partial charge in [-0.25, -0.2) is 0 Å². The number of hydrogen-bond donors (Lipinski definition) is 1. The van der Waals surface area contributed by atoms with Gasteiger partial charge in [0, 0.05) is 5.69 Å². The first-order valence-electron chi connectivity index (χ1n) is 3.92. The van der Waals surface area contributed by atoms with E-state index in [0.29, 0.717) is 5.69 Å². The molecular weight excluding hydrogens is 162 g/mol. The molecule has 1 aromatic rings. The molecule has 1 rings (SSSR count). The van der Waals surface area contributed by atoms with E-state index in [9.17, 15) is 4.79 Å². The van der Waals surface area contributed by atoms with Gasteiger partial charge in [0.1, 0.15) is 0 Å². The van der Waals surface area contributed by atoms with Crippen LogP contribution in [0.15, 0.2) is 43.0 Å². The van der Waals surface area contributed by atoms with Gasteiger partial charge in [-0.2, -0.15) is 0 Å². The molecule has 0 saturated carbocycles. The minimum Gasteiger partial charge on any atom is -0.399 e. The van der Waals surface area contributed by atoms with Gasteiger partial charge in [-0.15, -0.1) is 0 Å². The fourth-order valence-electron chi connectivity index (χ4n) is 0.854. The molecule has 0 radical (unpaired) electrons. The van der Waals surface area contributed by atoms with Gasteiger partial charge >= 0.3 is 0 Å². The average molecular weight is 173 g/mol. The van der Waals surface area contributed by atoms with Crippen molar-refractivity contribution in [2.45, 2.75) is 0 Å². The predicted octanol–water partition coefficient (Wildman–Crippen LogP) is 2.04. The molecule has 66 valence electrons. The van der Waals surface area contributed by atoms with Gasteiger partial charge in [-0.3, -0.25) is 4.79 Å². The molecule has 2 N–H and O–H groups in total. The Labute approximate surface area is 77.4 Å². The van der Waals surface area contributed by atoms with E-state index in [-0.39, 0.29) is 5.78 Å². The molecule has 0 aliphatic heterocycles. The molecule has 1 aromatic carbocycles. The second-order valence-corrected chi connectivity index (χ2v) is 2.61. The van der Waals surface area contributed by atoms with Crippen LogP contribution < -0.4 is 5.73 Å². The average Bonchev–Trinajstić information content (AvgIpc) is 2.16. The Kier molecular flexibility index (Phi) is 3.03. The number of hydrogen-bond acceptors (Lipinski definition) is 2. The van der Waals surface area contributed by atoms with E-state index in [0.717, 1.165) is 5.56 Å². The minimum atomic E-state index is -0.100. The SMILES string of the molecule is C=CC(=O)C=Cc1ccc(N)cc1. The maximum Gasteiger partial charge on any atom is 0.178 e. The zero-order valence-electron chi connectivity index (χ0n) is 7.23. The highest BCUT2D eigenvalue weighted by Gasteiger charge is 1.88. The van der Waals surface area contributed by atoms with Crippen LogP contribution >= 0.6 is 0 Å². The van der Waals surface area contributed by atoms with Gasteiger partial charge in [0.05, 0.1) is 0 Å². The third-order valence-corrected chi connectivity index (χ3v) is 1.58. The Morgan fingerprint density at radius 2 is 1.92 bits per heavy atom. The van der Waals surface area contributed by atoms with Crippen LogP contribution in [0.5, 0.6) is 0 Å². The Bertz CT molecular complexity index is 336. The second-order valence-electron chi connectivity index (χ2n) is 2.61. The number of nitrogens with two attached hydrogens (primary N) is 1. The van der Waals surface area contributed by atoms with Crippen LogP contribution in [0.4, 0.5) is 5.69 Å². The van der Waals surface area contributed by atoms with E-state index in [1.807, 2.05) is 12.1 Å². The fourth-order valence-corrected chi connectivity index (χ4v) is 0.854. The van der Waals surface area contributed by atoms with E-state index >= 15 is 0 Å². The summed E-state index contributed by atoms with van der Waals surface area (Å²) in [6.07, 6.45) is 4.47. The summed E-state index contributed by atoms with van der Waals surface area (Å²) in [5.41, 5.74) is 7.17. The van der Waals surface area contributed by atoms with Gasteiger partial charge in [0.2, 0.25) is 0 Å². The number of benzene rings is 1. The van der Waals surface area contributed by atoms with Crippen LogP contribution in [0, 0.1) is 0 Å². The number of rotatable bonds is 3. The summed E-state index contributed by atoms with van der Waals surface area (Å²) in [5, 5.41) is 0. The summed E-state index contributed by atoms with van der Waals surface area (Å²) in [6, 6.07) is 7.28. The van der Waals surface area contributed by atoms with Gasteiger partial charge in [-0.1, -0.05) is 24.8 Å². The molecule has 0 fully saturated rings. The van der Waals surface area contributed by atoms with Crippen molar-refractivity contribution in [1.82, 2.24) is 0 Å². The van der Waals surface area contributed by atoms with Crippen LogP contribution in [-0.2, 0) is 4.79 Å². The molecular formula is C11H11NO. The standard InChI is InChI=1S/C11H11NO/c1-2-11(13)8-5-9-3-6-10(12)7-4-9/h2-8H,1,12H2. The Morgan fingerprint density at radius 1 is 1.31 bits per heavy atom. The molecule has 0 spiro atoms. The van der Waals surface area contributed by atoms with Gasteiger partial charge in [0.15, 0.2) is 5.78 Å². The predicted molar refractivity (Wildman–Crippen MR) is 55.1 cm³/mol. The van der Waals surface area contributed by atoms with Crippen molar-refractivity contribution in [2.75, 3.05) is 5.73 Å². The van der Waals surface area contributed by atoms with Crippen molar-refractivity contribution in [3.05, 3.63) is 48.6 Å². The Balaban J connectivity index is 2.74. The Morgan fingerprint density at radius 3 is 2.46 bits per heavy atom. The molecule has 0 atom stereocenters. The van der Waals surface area contributed by atoms with Crippen LogP contribution in [0.25, 0.3) is 6.08 Å². The molecule has 0 aliphatic carbocycles. The molecule has 0 bridgehead atoms. The summed E-state index contributed by atoms with van der Waals surface area (Å²) in [6.45, 7) is 3.37. The number of ketones is 1. The van der Waals surface area contributed by atoms with Gasteiger partial charge in [0.25, 0.3) is 0 Å². The smallest absolute Gasteiger partial charge is 0.178 e. The first-order chi connectivity index (χ1) is 6.22. The summed E-state index contributed by atoms with van der Waals surface area (Å²) in [7, 11) is 0. The highest BCUT2D eigenvalue weighted by atomic mass is 16.1. The molecule has 0 unspecified atom stereocenters. The zero-order valence-corrected chi connectivity index (χ0v) is 7.23. The zero-order chi connectivity index (χ0) is 9.68. The lowest BCUT2D eigenvalue weighted by Crippen LogP contribution is -1.84. The van der Waals surface area contributed by atoms with Crippen molar-refractivity contribution >= 4 is 17.5 Å². The molecule has 2 heteroatoms. The maximum absolute atomic E-state index is 10.8.